The van der Waals surface area contributed by atoms with Crippen LogP contribution < -0.4 is 0 Å². The van der Waals surface area contributed by atoms with E-state index < -0.39 is 60.5 Å². The van der Waals surface area contributed by atoms with Gasteiger partial charge in [-0.3, -0.25) is 0 Å². The van der Waals surface area contributed by atoms with Gasteiger partial charge in [0.25, 0.3) is 0 Å². The molecule has 0 N–H and O–H groups in total. The summed E-state index contributed by atoms with van der Waals surface area (Å²) >= 11 is 0. The molecule has 0 spiro atoms. The van der Waals surface area contributed by atoms with E-state index in [2.05, 4.69) is 6.58 Å². The summed E-state index contributed by atoms with van der Waals surface area (Å²) in [6.45, 7) is 3.45. The van der Waals surface area contributed by atoms with Crippen molar-refractivity contribution in [1.82, 2.24) is 0 Å². The van der Waals surface area contributed by atoms with Gasteiger partial charge in [-0.25, -0.2) is 0 Å². The van der Waals surface area contributed by atoms with Crippen molar-refractivity contribution >= 4 is 0 Å². The van der Waals surface area contributed by atoms with Crippen LogP contribution in [0.3, 0.4) is 0 Å². The zero-order valence-corrected chi connectivity index (χ0v) is 18.1. The van der Waals surface area contributed by atoms with Crippen LogP contribution in [0.1, 0.15) is 57.8 Å². The third kappa shape index (κ3) is 5.99. The largest absolute Gasteiger partial charge is 0.460 e. The van der Waals surface area contributed by atoms with Crippen LogP contribution >= 0.6 is 0 Å². The molecule has 0 aliphatic carbocycles. The second-order valence-corrected chi connectivity index (χ2v) is 7.95. The summed E-state index contributed by atoms with van der Waals surface area (Å²) in [6.07, 6.45) is -6.90. The molecule has 0 aromatic carbocycles. The topological polar surface area (TPSA) is 0 Å². The smallest absolute Gasteiger partial charge is 0.200 e. The van der Waals surface area contributed by atoms with Crippen molar-refractivity contribution in [2.75, 3.05) is 0 Å². The summed E-state index contributed by atoms with van der Waals surface area (Å²) in [7, 11) is 0. The Morgan fingerprint density at radius 2 is 0.694 bits per heavy atom. The van der Waals surface area contributed by atoms with E-state index in [-0.39, 0.29) is 12.8 Å². The van der Waals surface area contributed by atoms with E-state index >= 15 is 0 Å². The number of rotatable bonds is 16. The van der Waals surface area contributed by atoms with Gasteiger partial charge in [-0.15, -0.1) is 6.58 Å². The van der Waals surface area contributed by atoms with Gasteiger partial charge in [-0.2, -0.15) is 74.6 Å². The third-order valence-electron chi connectivity index (χ3n) is 5.19. The molecule has 216 valence electrons. The minimum absolute atomic E-state index is 0.0686. The molecule has 0 amide bonds. The molecule has 0 heterocycles. The predicted octanol–water partition coefficient (Wildman–Crippen LogP) is 9.69. The monoisotopic (exact) mass is 572 g/mol. The molecule has 0 aliphatic heterocycles. The summed E-state index contributed by atoms with van der Waals surface area (Å²) in [5, 5.41) is 0. The quantitative estimate of drug-likeness (QED) is 0.0982. The highest BCUT2D eigenvalue weighted by molar-refractivity contribution is 5.15. The molecule has 0 saturated heterocycles. The molecule has 0 aliphatic rings. The van der Waals surface area contributed by atoms with Gasteiger partial charge in [0, 0.05) is 6.42 Å². The summed E-state index contributed by atoms with van der Waals surface area (Å²) in [6, 6.07) is 0. The summed E-state index contributed by atoms with van der Waals surface area (Å²) in [4.78, 5) is 0. The molecule has 36 heavy (non-hydrogen) atoms. The van der Waals surface area contributed by atoms with Crippen molar-refractivity contribution in [2.45, 2.75) is 105 Å². The fourth-order valence-corrected chi connectivity index (χ4v) is 2.87. The third-order valence-corrected chi connectivity index (χ3v) is 5.19. The maximum atomic E-state index is 13.7. The molecular weight excluding hydrogens is 551 g/mol. The fourth-order valence-electron chi connectivity index (χ4n) is 2.87. The maximum Gasteiger partial charge on any atom is 0.460 e. The second kappa shape index (κ2) is 11.1. The minimum atomic E-state index is -8.58. The first kappa shape index (κ1) is 34.6. The zero-order valence-electron chi connectivity index (χ0n) is 18.1. The van der Waals surface area contributed by atoms with E-state index in [4.69, 9.17) is 0 Å². The highest BCUT2D eigenvalue weighted by Gasteiger charge is 2.95. The molecule has 0 bridgehead atoms. The Bertz CT molecular complexity index is 705. The van der Waals surface area contributed by atoms with Gasteiger partial charge in [0.1, 0.15) is 0 Å². The van der Waals surface area contributed by atoms with E-state index in [1.165, 1.54) is 0 Å². The first-order chi connectivity index (χ1) is 15.8. The van der Waals surface area contributed by atoms with E-state index in [1.54, 1.807) is 6.08 Å². The van der Waals surface area contributed by atoms with Crippen LogP contribution in [0.15, 0.2) is 12.7 Å². The average Bonchev–Trinajstić information content (AvgIpc) is 2.70. The normalized spacial score (nSPS) is 15.4. The minimum Gasteiger partial charge on any atom is -0.200 e. The molecule has 0 radical (unpaired) electrons. The Morgan fingerprint density at radius 3 is 1.06 bits per heavy atom. The van der Waals surface area contributed by atoms with Crippen LogP contribution in [0.2, 0.25) is 0 Å². The summed E-state index contributed by atoms with van der Waals surface area (Å²) < 4.78 is 224. The molecule has 0 rings (SSSR count). The Labute approximate surface area is 193 Å². The molecule has 0 unspecified atom stereocenters. The molecular formula is C19H21F17. The number of unbranched alkanes of at least 4 members (excludes halogenated alkanes) is 7. The van der Waals surface area contributed by atoms with Crippen molar-refractivity contribution in [2.24, 2.45) is 0 Å². The van der Waals surface area contributed by atoms with Crippen LogP contribution in [-0.2, 0) is 0 Å². The molecule has 0 aromatic rings. The number of halogens is 17. The second-order valence-electron chi connectivity index (χ2n) is 7.95. The Morgan fingerprint density at radius 1 is 0.389 bits per heavy atom. The van der Waals surface area contributed by atoms with Gasteiger partial charge in [0.05, 0.1) is 0 Å². The molecule has 0 fully saturated rings. The Kier molecular flexibility index (Phi) is 10.7. The van der Waals surface area contributed by atoms with Crippen LogP contribution in [0, 0.1) is 0 Å². The summed E-state index contributed by atoms with van der Waals surface area (Å²) in [5.41, 5.74) is 0. The highest BCUT2D eigenvalue weighted by atomic mass is 19.4. The van der Waals surface area contributed by atoms with E-state index in [1.807, 2.05) is 0 Å². The molecule has 0 saturated carbocycles. The number of hydrogen-bond acceptors (Lipinski definition) is 0. The number of hydrogen-bond donors (Lipinski definition) is 0. The van der Waals surface area contributed by atoms with Crippen LogP contribution in [0.4, 0.5) is 74.6 Å². The fraction of sp³-hybridized carbons (Fsp3) is 0.895. The lowest BCUT2D eigenvalue weighted by Crippen LogP contribution is -2.74. The molecule has 0 atom stereocenters. The van der Waals surface area contributed by atoms with Gasteiger partial charge < -0.3 is 0 Å². The van der Waals surface area contributed by atoms with Gasteiger partial charge in [0.15, 0.2) is 0 Å². The maximum absolute atomic E-state index is 13.7. The predicted molar refractivity (Wildman–Crippen MR) is 92.4 cm³/mol. The van der Waals surface area contributed by atoms with E-state index in [9.17, 15) is 74.6 Å². The zero-order chi connectivity index (χ0) is 29.1. The Balaban J connectivity index is 5.72. The van der Waals surface area contributed by atoms with Crippen molar-refractivity contribution in [3.8, 4) is 0 Å². The number of allylic oxidation sites excluding steroid dienone is 1. The lowest BCUT2D eigenvalue weighted by molar-refractivity contribution is -0.461. The summed E-state index contributed by atoms with van der Waals surface area (Å²) in [5.74, 6) is -55.7. The molecule has 17 heteroatoms. The van der Waals surface area contributed by atoms with Gasteiger partial charge in [0.2, 0.25) is 0 Å². The van der Waals surface area contributed by atoms with Crippen molar-refractivity contribution in [1.29, 1.82) is 0 Å². The first-order valence-electron chi connectivity index (χ1n) is 10.1. The SMILES string of the molecule is C=CCCCCCCCCCC(F)(F)C(F)(F)C(F)(F)C(F)(F)C(F)(F)C(F)(F)C(F)(F)C(F)(F)F. The van der Waals surface area contributed by atoms with Crippen molar-refractivity contribution < 1.29 is 74.6 Å². The van der Waals surface area contributed by atoms with Crippen LogP contribution in [-0.4, -0.2) is 47.6 Å². The highest BCUT2D eigenvalue weighted by Crippen LogP contribution is 2.64. The molecule has 0 aromatic heterocycles. The lowest BCUT2D eigenvalue weighted by atomic mass is 9.87. The van der Waals surface area contributed by atoms with Gasteiger partial charge in [-0.05, 0) is 19.3 Å². The van der Waals surface area contributed by atoms with Gasteiger partial charge >= 0.3 is 47.6 Å². The first-order valence-corrected chi connectivity index (χ1v) is 10.1. The standard InChI is InChI=1S/C19H21F17/c1-2-3-4-5-6-7-8-9-10-11-12(20,21)13(22,23)14(24,25)15(26,27)16(28,29)17(30,31)18(32,33)19(34,35)36/h2H,1,3-11H2. The van der Waals surface area contributed by atoms with E-state index in [0.717, 1.165) is 6.42 Å². The lowest BCUT2D eigenvalue weighted by Gasteiger charge is -2.42. The van der Waals surface area contributed by atoms with Crippen LogP contribution in [0.5, 0.6) is 0 Å². The van der Waals surface area contributed by atoms with E-state index in [0.29, 0.717) is 25.7 Å². The van der Waals surface area contributed by atoms with Crippen molar-refractivity contribution in [3.05, 3.63) is 12.7 Å². The van der Waals surface area contributed by atoms with Crippen LogP contribution in [0.25, 0.3) is 0 Å². The average molecular weight is 572 g/mol. The molecule has 0 nitrogen and oxygen atoms in total. The van der Waals surface area contributed by atoms with Crippen molar-refractivity contribution in [3.63, 3.8) is 0 Å². The van der Waals surface area contributed by atoms with Gasteiger partial charge in [-0.1, -0.05) is 38.2 Å². The number of alkyl halides is 17. The Hall–Kier alpha value is -1.45.